The zero-order valence-corrected chi connectivity index (χ0v) is 19.8. The molecule has 0 radical (unpaired) electrons. The first-order chi connectivity index (χ1) is 16.3. The number of furan rings is 1. The van der Waals surface area contributed by atoms with Crippen LogP contribution in [0.3, 0.4) is 0 Å². The van der Waals surface area contributed by atoms with E-state index < -0.39 is 10.0 Å². The van der Waals surface area contributed by atoms with Gasteiger partial charge in [-0.3, -0.25) is 14.5 Å². The van der Waals surface area contributed by atoms with Gasteiger partial charge in [-0.25, -0.2) is 8.42 Å². The van der Waals surface area contributed by atoms with Crippen LogP contribution in [0, 0.1) is 18.3 Å². The normalized spacial score (nSPS) is 18.0. The van der Waals surface area contributed by atoms with E-state index in [1.165, 1.54) is 16.4 Å². The fraction of sp³-hybridized carbons (Fsp3) is 0.435. The number of nitrogens with zero attached hydrogens (tertiary/aromatic N) is 5. The highest BCUT2D eigenvalue weighted by Gasteiger charge is 2.32. The highest BCUT2D eigenvalue weighted by atomic mass is 32.2. The van der Waals surface area contributed by atoms with Crippen molar-refractivity contribution >= 4 is 21.8 Å². The predicted molar refractivity (Wildman–Crippen MR) is 122 cm³/mol. The molecule has 2 aliphatic rings. The summed E-state index contributed by atoms with van der Waals surface area (Å²) in [6, 6.07) is 11.5. The maximum atomic E-state index is 13.0. The monoisotopic (exact) mass is 485 g/mol. The van der Waals surface area contributed by atoms with Gasteiger partial charge in [-0.15, -0.1) is 0 Å². The Morgan fingerprint density at radius 3 is 2.21 bits per heavy atom. The molecule has 0 atom stereocenters. The van der Waals surface area contributed by atoms with Gasteiger partial charge in [0, 0.05) is 52.4 Å². The van der Waals surface area contributed by atoms with Crippen molar-refractivity contribution < 1.29 is 22.4 Å². The molecule has 34 heavy (non-hydrogen) atoms. The van der Waals surface area contributed by atoms with Gasteiger partial charge >= 0.3 is 0 Å². The Kier molecular flexibility index (Phi) is 7.02. The van der Waals surface area contributed by atoms with Crippen LogP contribution in [0.25, 0.3) is 0 Å². The second-order valence-corrected chi connectivity index (χ2v) is 10.3. The first-order valence-electron chi connectivity index (χ1n) is 11.1. The molecule has 0 bridgehead atoms. The average Bonchev–Trinajstić information content (AvgIpc) is 3.30. The van der Waals surface area contributed by atoms with Crippen LogP contribution in [-0.4, -0.2) is 98.1 Å². The van der Waals surface area contributed by atoms with E-state index >= 15 is 0 Å². The number of hydrogen-bond acceptors (Lipinski definition) is 7. The molecule has 1 aromatic heterocycles. The van der Waals surface area contributed by atoms with Gasteiger partial charge in [-0.1, -0.05) is 12.1 Å². The van der Waals surface area contributed by atoms with Gasteiger partial charge in [0.25, 0.3) is 5.91 Å². The Bertz CT molecular complexity index is 1200. The van der Waals surface area contributed by atoms with Crippen molar-refractivity contribution in [3.8, 4) is 6.07 Å². The van der Waals surface area contributed by atoms with Crippen LogP contribution >= 0.6 is 0 Å². The Hall–Kier alpha value is -3.20. The molecule has 0 spiro atoms. The molecule has 1 aromatic carbocycles. The standard InChI is InChI=1S/C23H27N5O5S/c1-18-6-7-20(33-18)23(30)27-10-8-25(9-11-27)17-22(29)26-12-14-28(15-13-26)34(31,32)21-5-3-2-4-19(21)16-24/h2-7H,8-15,17H2,1H3. The number of sulfonamides is 1. The molecular formula is C23H27N5O5S. The fourth-order valence-corrected chi connectivity index (χ4v) is 5.77. The molecule has 0 unspecified atom stereocenters. The lowest BCUT2D eigenvalue weighted by Crippen LogP contribution is -2.55. The van der Waals surface area contributed by atoms with Gasteiger partial charge in [-0.2, -0.15) is 9.57 Å². The van der Waals surface area contributed by atoms with E-state index in [4.69, 9.17) is 4.42 Å². The highest BCUT2D eigenvalue weighted by molar-refractivity contribution is 7.89. The Morgan fingerprint density at radius 1 is 0.941 bits per heavy atom. The summed E-state index contributed by atoms with van der Waals surface area (Å²) in [6.07, 6.45) is 0. The van der Waals surface area contributed by atoms with Crippen molar-refractivity contribution in [1.29, 1.82) is 5.26 Å². The van der Waals surface area contributed by atoms with Crippen molar-refractivity contribution in [2.24, 2.45) is 0 Å². The van der Waals surface area contributed by atoms with E-state index in [1.54, 1.807) is 41.0 Å². The van der Waals surface area contributed by atoms with Gasteiger partial charge in [0.2, 0.25) is 15.9 Å². The minimum atomic E-state index is -3.80. The van der Waals surface area contributed by atoms with Gasteiger partial charge < -0.3 is 14.2 Å². The summed E-state index contributed by atoms with van der Waals surface area (Å²) in [6.45, 7) is 5.15. The lowest BCUT2D eigenvalue weighted by Gasteiger charge is -2.37. The SMILES string of the molecule is Cc1ccc(C(=O)N2CCN(CC(=O)N3CCN(S(=O)(=O)c4ccccc4C#N)CC3)CC2)o1. The van der Waals surface area contributed by atoms with Crippen molar-refractivity contribution in [1.82, 2.24) is 19.0 Å². The summed E-state index contributed by atoms with van der Waals surface area (Å²) < 4.78 is 32.7. The molecule has 0 aliphatic carbocycles. The molecule has 0 N–H and O–H groups in total. The predicted octanol–water partition coefficient (Wildman–Crippen LogP) is 0.751. The summed E-state index contributed by atoms with van der Waals surface area (Å²) in [4.78, 5) is 30.7. The van der Waals surface area contributed by atoms with Crippen molar-refractivity contribution in [2.75, 3.05) is 58.9 Å². The smallest absolute Gasteiger partial charge is 0.289 e. The number of nitriles is 1. The number of carbonyl (C=O) groups excluding carboxylic acids is 2. The number of piperazine rings is 2. The lowest BCUT2D eigenvalue weighted by molar-refractivity contribution is -0.133. The molecule has 2 fully saturated rings. The van der Waals surface area contributed by atoms with E-state index in [0.29, 0.717) is 50.8 Å². The third-order valence-electron chi connectivity index (χ3n) is 6.19. The number of amides is 2. The minimum Gasteiger partial charge on any atom is -0.456 e. The Labute approximate surface area is 199 Å². The van der Waals surface area contributed by atoms with Gasteiger partial charge in [0.15, 0.2) is 5.76 Å². The van der Waals surface area contributed by atoms with E-state index in [0.717, 1.165) is 0 Å². The molecule has 0 saturated carbocycles. The Balaban J connectivity index is 1.27. The zero-order chi connectivity index (χ0) is 24.3. The highest BCUT2D eigenvalue weighted by Crippen LogP contribution is 2.21. The molecule has 10 nitrogen and oxygen atoms in total. The molecule has 180 valence electrons. The number of rotatable bonds is 5. The molecule has 2 amide bonds. The molecule has 3 heterocycles. The van der Waals surface area contributed by atoms with Crippen molar-refractivity contribution in [3.05, 3.63) is 53.5 Å². The van der Waals surface area contributed by atoms with Crippen LogP contribution < -0.4 is 0 Å². The van der Waals surface area contributed by atoms with E-state index in [9.17, 15) is 23.3 Å². The van der Waals surface area contributed by atoms with Crippen molar-refractivity contribution in [2.45, 2.75) is 11.8 Å². The molecule has 2 aromatic rings. The summed E-state index contributed by atoms with van der Waals surface area (Å²) >= 11 is 0. The molecule has 11 heteroatoms. The number of aryl methyl sites for hydroxylation is 1. The summed E-state index contributed by atoms with van der Waals surface area (Å²) in [5.74, 6) is 0.812. The first-order valence-corrected chi connectivity index (χ1v) is 12.6. The summed E-state index contributed by atoms with van der Waals surface area (Å²) in [7, 11) is -3.80. The van der Waals surface area contributed by atoms with E-state index in [2.05, 4.69) is 0 Å². The summed E-state index contributed by atoms with van der Waals surface area (Å²) in [5.41, 5.74) is 0.112. The number of carbonyl (C=O) groups is 2. The third kappa shape index (κ3) is 4.99. The van der Waals surface area contributed by atoms with Gasteiger partial charge in [-0.05, 0) is 31.2 Å². The number of hydrogen-bond donors (Lipinski definition) is 0. The number of benzene rings is 1. The zero-order valence-electron chi connectivity index (χ0n) is 19.0. The largest absolute Gasteiger partial charge is 0.456 e. The second-order valence-electron chi connectivity index (χ2n) is 8.37. The average molecular weight is 486 g/mol. The van der Waals surface area contributed by atoms with Crippen LogP contribution in [0.2, 0.25) is 0 Å². The van der Waals surface area contributed by atoms with Gasteiger partial charge in [0.1, 0.15) is 11.8 Å². The van der Waals surface area contributed by atoms with Gasteiger partial charge in [0.05, 0.1) is 17.0 Å². The van der Waals surface area contributed by atoms with Crippen molar-refractivity contribution in [3.63, 3.8) is 0 Å². The molecule has 2 saturated heterocycles. The lowest BCUT2D eigenvalue weighted by atomic mass is 10.2. The van der Waals surface area contributed by atoms with Crippen LogP contribution in [0.5, 0.6) is 0 Å². The van der Waals surface area contributed by atoms with Crippen LogP contribution in [-0.2, 0) is 14.8 Å². The third-order valence-corrected chi connectivity index (χ3v) is 8.14. The van der Waals surface area contributed by atoms with E-state index in [-0.39, 0.29) is 41.9 Å². The maximum absolute atomic E-state index is 13.0. The molecular weight excluding hydrogens is 458 g/mol. The van der Waals surface area contributed by atoms with Crippen LogP contribution in [0.15, 0.2) is 45.7 Å². The van der Waals surface area contributed by atoms with Crippen LogP contribution in [0.1, 0.15) is 21.9 Å². The summed E-state index contributed by atoms with van der Waals surface area (Å²) in [5, 5.41) is 9.24. The maximum Gasteiger partial charge on any atom is 0.289 e. The topological polar surface area (TPSA) is 118 Å². The fourth-order valence-electron chi connectivity index (χ4n) is 4.21. The second kappa shape index (κ2) is 9.97. The minimum absolute atomic E-state index is 0.00518. The first kappa shape index (κ1) is 23.9. The Morgan fingerprint density at radius 2 is 1.59 bits per heavy atom. The van der Waals surface area contributed by atoms with E-state index in [1.807, 2.05) is 11.0 Å². The quantitative estimate of drug-likeness (QED) is 0.613. The molecule has 2 aliphatic heterocycles. The molecule has 4 rings (SSSR count). The van der Waals surface area contributed by atoms with Crippen LogP contribution in [0.4, 0.5) is 0 Å².